The normalized spacial score (nSPS) is 14.9. The van der Waals surface area contributed by atoms with Gasteiger partial charge in [-0.15, -0.1) is 0 Å². The summed E-state index contributed by atoms with van der Waals surface area (Å²) in [7, 11) is 0. The van der Waals surface area contributed by atoms with Crippen molar-refractivity contribution >= 4 is 35.2 Å². The number of ketones is 1. The van der Waals surface area contributed by atoms with E-state index in [2.05, 4.69) is 20.4 Å². The van der Waals surface area contributed by atoms with Crippen molar-refractivity contribution in [3.8, 4) is 11.3 Å². The molecule has 0 bridgehead atoms. The maximum absolute atomic E-state index is 12.1. The van der Waals surface area contributed by atoms with E-state index in [-0.39, 0.29) is 11.1 Å². The summed E-state index contributed by atoms with van der Waals surface area (Å²) in [6, 6.07) is 9.25. The van der Waals surface area contributed by atoms with Gasteiger partial charge in [0.1, 0.15) is 11.6 Å². The van der Waals surface area contributed by atoms with Crippen LogP contribution in [0.15, 0.2) is 34.9 Å². The fourth-order valence-corrected chi connectivity index (χ4v) is 3.98. The molecule has 1 saturated carbocycles. The topological polar surface area (TPSA) is 98.0 Å². The van der Waals surface area contributed by atoms with Gasteiger partial charge in [0.25, 0.3) is 0 Å². The fraction of sp³-hybridized carbons (Fsp3) is 0.286. The van der Waals surface area contributed by atoms with Gasteiger partial charge in [0.15, 0.2) is 6.29 Å². The molecule has 1 N–H and O–H groups in total. The van der Waals surface area contributed by atoms with Gasteiger partial charge in [0.2, 0.25) is 11.1 Å². The number of carbonyl (C=O) groups is 2. The number of Topliss-reactive ketones (excluding diaryl/α,β-unsaturated/α-hetero) is 1. The lowest BCUT2D eigenvalue weighted by atomic mass is 9.62. The number of halogens is 1. The van der Waals surface area contributed by atoms with Crippen molar-refractivity contribution in [2.75, 3.05) is 5.32 Å². The highest BCUT2D eigenvalue weighted by Crippen LogP contribution is 2.44. The molecule has 0 aliphatic heterocycles. The third-order valence-corrected chi connectivity index (χ3v) is 5.65. The molecule has 1 aromatic carbocycles. The third-order valence-electron chi connectivity index (χ3n) is 5.48. The molecule has 1 fully saturated rings. The Hall–Kier alpha value is -3.06. The van der Waals surface area contributed by atoms with Crippen molar-refractivity contribution in [1.29, 1.82) is 0 Å². The maximum atomic E-state index is 12.1. The van der Waals surface area contributed by atoms with E-state index in [0.29, 0.717) is 36.4 Å². The van der Waals surface area contributed by atoms with Gasteiger partial charge in [-0.05, 0) is 56.0 Å². The van der Waals surface area contributed by atoms with Crippen LogP contribution in [0.25, 0.3) is 11.3 Å². The lowest BCUT2D eigenvalue weighted by Crippen LogP contribution is -2.43. The molecule has 4 rings (SSSR count). The van der Waals surface area contributed by atoms with Crippen LogP contribution >= 0.6 is 11.6 Å². The Balaban J connectivity index is 1.60. The number of hydrogen-bond donors (Lipinski definition) is 1. The number of hydrogen-bond acceptors (Lipinski definition) is 7. The molecule has 148 valence electrons. The molecule has 8 heteroatoms. The summed E-state index contributed by atoms with van der Waals surface area (Å²) >= 11 is 6.12. The first-order valence-electron chi connectivity index (χ1n) is 9.28. The van der Waals surface area contributed by atoms with E-state index < -0.39 is 5.41 Å². The molecule has 0 amide bonds. The van der Waals surface area contributed by atoms with Crippen molar-refractivity contribution in [2.24, 2.45) is 0 Å². The lowest BCUT2D eigenvalue weighted by Gasteiger charge is -2.39. The molecule has 1 aliphatic carbocycles. The van der Waals surface area contributed by atoms with Crippen LogP contribution in [0.3, 0.4) is 0 Å². The van der Waals surface area contributed by atoms with Crippen LogP contribution in [0.5, 0.6) is 0 Å². The van der Waals surface area contributed by atoms with Crippen molar-refractivity contribution in [1.82, 2.24) is 15.1 Å². The second kappa shape index (κ2) is 7.40. The van der Waals surface area contributed by atoms with Crippen LogP contribution in [0.2, 0.25) is 5.28 Å². The van der Waals surface area contributed by atoms with Gasteiger partial charge in [0.05, 0.1) is 22.4 Å². The van der Waals surface area contributed by atoms with Crippen LogP contribution in [-0.2, 0) is 15.0 Å². The standard InChI is InChI=1S/C21H19ClN4O3/c1-12-19(13(2)29-26-12)16-10-18(25-20(22)24-16)23-15-6-4-14(5-7-15)21(8-3-9-21)17(28)11-27/h4-7,10-11H,3,8-9H2,1-2H3,(H,23,24,25). The number of anilines is 2. The van der Waals surface area contributed by atoms with Crippen LogP contribution < -0.4 is 5.32 Å². The van der Waals surface area contributed by atoms with Gasteiger partial charge in [0, 0.05) is 11.8 Å². The Morgan fingerprint density at radius 1 is 1.21 bits per heavy atom. The van der Waals surface area contributed by atoms with E-state index in [4.69, 9.17) is 16.1 Å². The van der Waals surface area contributed by atoms with Crippen LogP contribution in [0, 0.1) is 13.8 Å². The van der Waals surface area contributed by atoms with Gasteiger partial charge < -0.3 is 9.84 Å². The Kier molecular flexibility index (Phi) is 4.92. The summed E-state index contributed by atoms with van der Waals surface area (Å²) in [5, 5.41) is 7.26. The van der Waals surface area contributed by atoms with E-state index in [1.54, 1.807) is 6.07 Å². The summed E-state index contributed by atoms with van der Waals surface area (Å²) in [6.45, 7) is 3.65. The number of nitrogens with one attached hydrogen (secondary N) is 1. The molecular formula is C21H19ClN4O3. The number of benzene rings is 1. The molecule has 0 saturated heterocycles. The van der Waals surface area contributed by atoms with E-state index in [0.717, 1.165) is 28.9 Å². The van der Waals surface area contributed by atoms with Crippen LogP contribution in [0.4, 0.5) is 11.5 Å². The Labute approximate surface area is 172 Å². The third kappa shape index (κ3) is 3.42. The van der Waals surface area contributed by atoms with Gasteiger partial charge in [-0.3, -0.25) is 9.59 Å². The van der Waals surface area contributed by atoms with E-state index >= 15 is 0 Å². The molecule has 7 nitrogen and oxygen atoms in total. The summed E-state index contributed by atoms with van der Waals surface area (Å²) < 4.78 is 5.21. The molecule has 0 spiro atoms. The maximum Gasteiger partial charge on any atom is 0.224 e. The van der Waals surface area contributed by atoms with E-state index in [9.17, 15) is 9.59 Å². The summed E-state index contributed by atoms with van der Waals surface area (Å²) in [5.74, 6) is 0.824. The zero-order chi connectivity index (χ0) is 20.6. The van der Waals surface area contributed by atoms with Gasteiger partial charge in [-0.2, -0.15) is 0 Å². The monoisotopic (exact) mass is 410 g/mol. The lowest BCUT2D eigenvalue weighted by molar-refractivity contribution is -0.136. The average molecular weight is 411 g/mol. The number of aryl methyl sites for hydroxylation is 2. The first-order chi connectivity index (χ1) is 13.9. The number of aromatic nitrogens is 3. The zero-order valence-electron chi connectivity index (χ0n) is 16.0. The molecule has 2 aromatic heterocycles. The predicted molar refractivity (Wildman–Crippen MR) is 108 cm³/mol. The highest BCUT2D eigenvalue weighted by Gasteiger charge is 2.44. The summed E-state index contributed by atoms with van der Waals surface area (Å²) in [6.07, 6.45) is 2.80. The quantitative estimate of drug-likeness (QED) is 0.366. The molecule has 0 radical (unpaired) electrons. The summed E-state index contributed by atoms with van der Waals surface area (Å²) in [4.78, 5) is 31.6. The van der Waals surface area contributed by atoms with Gasteiger partial charge in [-0.1, -0.05) is 23.7 Å². The highest BCUT2D eigenvalue weighted by atomic mass is 35.5. The molecule has 2 heterocycles. The second-order valence-electron chi connectivity index (χ2n) is 7.23. The molecule has 0 unspecified atom stereocenters. The number of aldehydes is 1. The summed E-state index contributed by atoms with van der Waals surface area (Å²) in [5.41, 5.74) is 3.11. The molecule has 1 aliphatic rings. The highest BCUT2D eigenvalue weighted by molar-refractivity contribution is 6.30. The van der Waals surface area contributed by atoms with Crippen molar-refractivity contribution in [2.45, 2.75) is 38.5 Å². The van der Waals surface area contributed by atoms with Crippen LogP contribution in [0.1, 0.15) is 36.3 Å². The van der Waals surface area contributed by atoms with Crippen molar-refractivity contribution in [3.63, 3.8) is 0 Å². The number of carbonyl (C=O) groups excluding carboxylic acids is 2. The second-order valence-corrected chi connectivity index (χ2v) is 7.56. The predicted octanol–water partition coefficient (Wildman–Crippen LogP) is 4.34. The SMILES string of the molecule is Cc1noc(C)c1-c1cc(Nc2ccc(C3(C(=O)C=O)CCC3)cc2)nc(Cl)n1. The minimum absolute atomic E-state index is 0.103. The largest absolute Gasteiger partial charge is 0.361 e. The molecule has 29 heavy (non-hydrogen) atoms. The van der Waals surface area contributed by atoms with E-state index in [1.807, 2.05) is 38.1 Å². The Morgan fingerprint density at radius 2 is 1.93 bits per heavy atom. The van der Waals surface area contributed by atoms with Crippen molar-refractivity contribution in [3.05, 3.63) is 52.6 Å². The van der Waals surface area contributed by atoms with Crippen LogP contribution in [-0.4, -0.2) is 27.2 Å². The number of nitrogens with zero attached hydrogens (tertiary/aromatic N) is 3. The smallest absolute Gasteiger partial charge is 0.224 e. The minimum atomic E-state index is -0.658. The average Bonchev–Trinajstić information content (AvgIpc) is 3.00. The molecule has 0 atom stereocenters. The first kappa shape index (κ1) is 19.3. The van der Waals surface area contributed by atoms with Crippen molar-refractivity contribution < 1.29 is 14.1 Å². The Morgan fingerprint density at radius 3 is 2.48 bits per heavy atom. The van der Waals surface area contributed by atoms with Gasteiger partial charge in [-0.25, -0.2) is 9.97 Å². The first-order valence-corrected chi connectivity index (χ1v) is 9.66. The Bertz CT molecular complexity index is 1070. The van der Waals surface area contributed by atoms with E-state index in [1.165, 1.54) is 0 Å². The molecular weight excluding hydrogens is 392 g/mol. The number of rotatable bonds is 6. The zero-order valence-corrected chi connectivity index (χ0v) is 16.8. The minimum Gasteiger partial charge on any atom is -0.361 e. The fourth-order valence-electron chi connectivity index (χ4n) is 3.80. The molecule has 3 aromatic rings. The van der Waals surface area contributed by atoms with Gasteiger partial charge >= 0.3 is 0 Å².